The van der Waals surface area contributed by atoms with Crippen LogP contribution in [0.3, 0.4) is 0 Å². The molecule has 0 fully saturated rings. The highest BCUT2D eigenvalue weighted by atomic mass is 79.9. The summed E-state index contributed by atoms with van der Waals surface area (Å²) in [5.74, 6) is 1.55. The summed E-state index contributed by atoms with van der Waals surface area (Å²) < 4.78 is 11.4. The van der Waals surface area contributed by atoms with Gasteiger partial charge < -0.3 is 14.3 Å². The van der Waals surface area contributed by atoms with Crippen LogP contribution >= 0.6 is 15.9 Å². The highest BCUT2D eigenvalue weighted by molar-refractivity contribution is 9.10. The zero-order valence-corrected chi connectivity index (χ0v) is 12.3. The number of furan rings is 1. The van der Waals surface area contributed by atoms with E-state index in [1.807, 2.05) is 25.1 Å². The van der Waals surface area contributed by atoms with Gasteiger partial charge >= 0.3 is 0 Å². The van der Waals surface area contributed by atoms with Gasteiger partial charge in [0.25, 0.3) is 0 Å². The summed E-state index contributed by atoms with van der Waals surface area (Å²) in [5.41, 5.74) is 2.17. The molecule has 1 N–H and O–H groups in total. The van der Waals surface area contributed by atoms with E-state index < -0.39 is 0 Å². The molecule has 2 aromatic heterocycles. The first kappa shape index (κ1) is 12.9. The van der Waals surface area contributed by atoms with Crippen molar-refractivity contribution in [3.8, 4) is 11.6 Å². The Hall–Kier alpha value is -2.08. The maximum Gasteiger partial charge on any atom is 0.246 e. The molecule has 0 unspecified atom stereocenters. The summed E-state index contributed by atoms with van der Waals surface area (Å²) in [7, 11) is 0. The molecule has 2 heterocycles. The monoisotopic (exact) mass is 333 g/mol. The number of benzene rings is 1. The van der Waals surface area contributed by atoms with Crippen molar-refractivity contribution in [1.29, 1.82) is 0 Å². The SMILES string of the molecule is Cc1ccc(NCc2nc(-c3ccco3)no2)c(Br)c1. The van der Waals surface area contributed by atoms with Gasteiger partial charge in [-0.3, -0.25) is 0 Å². The van der Waals surface area contributed by atoms with E-state index in [-0.39, 0.29) is 0 Å². The molecule has 5 nitrogen and oxygen atoms in total. The van der Waals surface area contributed by atoms with Crippen LogP contribution in [0.1, 0.15) is 11.5 Å². The van der Waals surface area contributed by atoms with E-state index >= 15 is 0 Å². The summed E-state index contributed by atoms with van der Waals surface area (Å²) in [6.07, 6.45) is 1.58. The molecule has 0 saturated heterocycles. The first-order valence-corrected chi connectivity index (χ1v) is 6.88. The number of aryl methyl sites for hydroxylation is 1. The lowest BCUT2D eigenvalue weighted by atomic mass is 10.2. The van der Waals surface area contributed by atoms with E-state index in [2.05, 4.69) is 31.4 Å². The Morgan fingerprint density at radius 3 is 2.95 bits per heavy atom. The molecular formula is C14H12BrN3O2. The smallest absolute Gasteiger partial charge is 0.246 e. The predicted octanol–water partition coefficient (Wildman–Crippen LogP) is 4.01. The maximum atomic E-state index is 5.22. The second-order valence-electron chi connectivity index (χ2n) is 4.33. The fraction of sp³-hybridized carbons (Fsp3) is 0.143. The van der Waals surface area contributed by atoms with Gasteiger partial charge in [0, 0.05) is 10.2 Å². The molecule has 3 rings (SSSR count). The van der Waals surface area contributed by atoms with Gasteiger partial charge in [0.15, 0.2) is 5.76 Å². The summed E-state index contributed by atoms with van der Waals surface area (Å²) in [6.45, 7) is 2.50. The fourth-order valence-electron chi connectivity index (χ4n) is 1.77. The minimum absolute atomic E-state index is 0.453. The Bertz CT molecular complexity index is 707. The van der Waals surface area contributed by atoms with Gasteiger partial charge in [-0.15, -0.1) is 0 Å². The van der Waals surface area contributed by atoms with Crippen LogP contribution in [0.5, 0.6) is 0 Å². The van der Waals surface area contributed by atoms with Crippen LogP contribution in [0.15, 0.2) is 50.0 Å². The molecule has 0 saturated carbocycles. The number of nitrogens with one attached hydrogen (secondary N) is 1. The fourth-order valence-corrected chi connectivity index (χ4v) is 2.40. The average Bonchev–Trinajstić information content (AvgIpc) is 3.08. The lowest BCUT2D eigenvalue weighted by Gasteiger charge is -2.06. The number of halogens is 1. The molecular weight excluding hydrogens is 322 g/mol. The van der Waals surface area contributed by atoms with E-state index in [4.69, 9.17) is 8.94 Å². The second-order valence-corrected chi connectivity index (χ2v) is 5.18. The van der Waals surface area contributed by atoms with Gasteiger partial charge in [-0.05, 0) is 52.7 Å². The molecule has 0 amide bonds. The highest BCUT2D eigenvalue weighted by Gasteiger charge is 2.10. The van der Waals surface area contributed by atoms with Crippen LogP contribution in [-0.4, -0.2) is 10.1 Å². The third-order valence-corrected chi connectivity index (χ3v) is 3.42. The Morgan fingerprint density at radius 1 is 1.30 bits per heavy atom. The van der Waals surface area contributed by atoms with E-state index in [9.17, 15) is 0 Å². The first-order valence-electron chi connectivity index (χ1n) is 6.09. The van der Waals surface area contributed by atoms with Crippen molar-refractivity contribution in [3.05, 3.63) is 52.5 Å². The number of aromatic nitrogens is 2. The summed E-state index contributed by atoms with van der Waals surface area (Å²) in [5, 5.41) is 7.12. The summed E-state index contributed by atoms with van der Waals surface area (Å²) in [4.78, 5) is 4.27. The molecule has 0 spiro atoms. The Morgan fingerprint density at radius 2 is 2.20 bits per heavy atom. The lowest BCUT2D eigenvalue weighted by molar-refractivity contribution is 0.382. The largest absolute Gasteiger partial charge is 0.461 e. The van der Waals surface area contributed by atoms with Crippen molar-refractivity contribution in [2.24, 2.45) is 0 Å². The Balaban J connectivity index is 1.70. The Kier molecular flexibility index (Phi) is 3.56. The number of hydrogen-bond donors (Lipinski definition) is 1. The zero-order chi connectivity index (χ0) is 13.9. The van der Waals surface area contributed by atoms with Gasteiger partial charge in [-0.1, -0.05) is 11.2 Å². The van der Waals surface area contributed by atoms with Crippen LogP contribution in [0.25, 0.3) is 11.6 Å². The van der Waals surface area contributed by atoms with Gasteiger partial charge in [0.1, 0.15) is 0 Å². The molecule has 0 aliphatic carbocycles. The van der Waals surface area contributed by atoms with Gasteiger partial charge in [-0.2, -0.15) is 4.98 Å². The van der Waals surface area contributed by atoms with Crippen LogP contribution < -0.4 is 5.32 Å². The number of rotatable bonds is 4. The standard InChI is InChI=1S/C14H12BrN3O2/c1-9-4-5-11(10(15)7-9)16-8-13-17-14(18-20-13)12-3-2-6-19-12/h2-7,16H,8H2,1H3. The van der Waals surface area contributed by atoms with Crippen molar-refractivity contribution >= 4 is 21.6 Å². The minimum atomic E-state index is 0.453. The maximum absolute atomic E-state index is 5.22. The van der Waals surface area contributed by atoms with Gasteiger partial charge in [0.05, 0.1) is 12.8 Å². The molecule has 6 heteroatoms. The normalized spacial score (nSPS) is 10.7. The molecule has 1 aromatic carbocycles. The van der Waals surface area contributed by atoms with E-state index in [1.165, 1.54) is 5.56 Å². The molecule has 0 aliphatic heterocycles. The van der Waals surface area contributed by atoms with E-state index in [0.29, 0.717) is 24.0 Å². The van der Waals surface area contributed by atoms with Crippen molar-refractivity contribution < 1.29 is 8.94 Å². The number of anilines is 1. The third kappa shape index (κ3) is 2.75. The van der Waals surface area contributed by atoms with Crippen molar-refractivity contribution in [2.45, 2.75) is 13.5 Å². The molecule has 0 aliphatic rings. The number of hydrogen-bond acceptors (Lipinski definition) is 5. The molecule has 0 radical (unpaired) electrons. The lowest BCUT2D eigenvalue weighted by Crippen LogP contribution is -2.00. The van der Waals surface area contributed by atoms with E-state index in [0.717, 1.165) is 10.2 Å². The van der Waals surface area contributed by atoms with E-state index in [1.54, 1.807) is 18.4 Å². The molecule has 102 valence electrons. The van der Waals surface area contributed by atoms with Crippen molar-refractivity contribution in [2.75, 3.05) is 5.32 Å². The summed E-state index contributed by atoms with van der Waals surface area (Å²) >= 11 is 3.51. The van der Waals surface area contributed by atoms with Crippen molar-refractivity contribution in [1.82, 2.24) is 10.1 Å². The average molecular weight is 334 g/mol. The topological polar surface area (TPSA) is 64.1 Å². The van der Waals surface area contributed by atoms with Gasteiger partial charge in [0.2, 0.25) is 11.7 Å². The Labute approximate surface area is 124 Å². The summed E-state index contributed by atoms with van der Waals surface area (Å²) in [6, 6.07) is 9.66. The molecule has 0 atom stereocenters. The van der Waals surface area contributed by atoms with Crippen LogP contribution in [-0.2, 0) is 6.54 Å². The predicted molar refractivity (Wildman–Crippen MR) is 78.2 cm³/mol. The zero-order valence-electron chi connectivity index (χ0n) is 10.8. The first-order chi connectivity index (χ1) is 9.72. The van der Waals surface area contributed by atoms with Crippen molar-refractivity contribution in [3.63, 3.8) is 0 Å². The van der Waals surface area contributed by atoms with Crippen LogP contribution in [0.2, 0.25) is 0 Å². The quantitative estimate of drug-likeness (QED) is 0.781. The molecule has 3 aromatic rings. The number of nitrogens with zero attached hydrogens (tertiary/aromatic N) is 2. The highest BCUT2D eigenvalue weighted by Crippen LogP contribution is 2.24. The third-order valence-electron chi connectivity index (χ3n) is 2.76. The van der Waals surface area contributed by atoms with Gasteiger partial charge in [-0.25, -0.2) is 0 Å². The minimum Gasteiger partial charge on any atom is -0.461 e. The van der Waals surface area contributed by atoms with Crippen LogP contribution in [0.4, 0.5) is 5.69 Å². The van der Waals surface area contributed by atoms with Crippen LogP contribution in [0, 0.1) is 6.92 Å². The second kappa shape index (κ2) is 5.50. The molecule has 0 bridgehead atoms. The molecule has 20 heavy (non-hydrogen) atoms.